The lowest BCUT2D eigenvalue weighted by molar-refractivity contribution is -0.384. The third-order valence-electron chi connectivity index (χ3n) is 4.85. The fourth-order valence-electron chi connectivity index (χ4n) is 3.46. The van der Waals surface area contributed by atoms with Gasteiger partial charge in [-0.25, -0.2) is 5.43 Å². The normalized spacial score (nSPS) is 10.9. The van der Waals surface area contributed by atoms with E-state index in [-0.39, 0.29) is 11.4 Å². The van der Waals surface area contributed by atoms with Crippen molar-refractivity contribution in [3.05, 3.63) is 86.7 Å². The van der Waals surface area contributed by atoms with Crippen LogP contribution in [0.15, 0.2) is 53.6 Å². The van der Waals surface area contributed by atoms with Gasteiger partial charge in [0.05, 0.1) is 11.1 Å². The van der Waals surface area contributed by atoms with E-state index in [0.29, 0.717) is 0 Å². The molecule has 1 heterocycles. The largest absolute Gasteiger partial charge is 0.329 e. The van der Waals surface area contributed by atoms with Crippen LogP contribution >= 0.6 is 0 Å². The van der Waals surface area contributed by atoms with Gasteiger partial charge in [-0.2, -0.15) is 5.10 Å². The monoisotopic (exact) mass is 433 g/mol. The number of hydrazone groups is 1. The molecule has 0 saturated carbocycles. The van der Waals surface area contributed by atoms with E-state index in [9.17, 15) is 19.7 Å². The van der Waals surface area contributed by atoms with E-state index in [2.05, 4.69) is 38.6 Å². The van der Waals surface area contributed by atoms with E-state index in [4.69, 9.17) is 0 Å². The predicted octanol–water partition coefficient (Wildman–Crippen LogP) is 3.71. The molecule has 0 bridgehead atoms. The zero-order valence-electron chi connectivity index (χ0n) is 18.2. The Hall–Kier alpha value is -4.27. The first-order valence-electron chi connectivity index (χ1n) is 9.82. The van der Waals surface area contributed by atoms with Crippen LogP contribution in [0.4, 0.5) is 11.4 Å². The van der Waals surface area contributed by atoms with Crippen molar-refractivity contribution in [3.8, 4) is 5.69 Å². The standard InChI is InChI=1S/C23H23N5O4/c1-14-9-15(2)11-21(10-14)27-16(3)12-18(17(27)4)13-24-26-23(30)22(29)25-19-5-7-20(8-6-19)28(31)32/h5-13H,1-4H3,(H,25,29)(H,26,30)/b24-13-. The van der Waals surface area contributed by atoms with Crippen LogP contribution in [0.25, 0.3) is 5.69 Å². The lowest BCUT2D eigenvalue weighted by Crippen LogP contribution is -2.32. The van der Waals surface area contributed by atoms with Gasteiger partial charge >= 0.3 is 11.8 Å². The first-order chi connectivity index (χ1) is 15.2. The van der Waals surface area contributed by atoms with Gasteiger partial charge in [-0.3, -0.25) is 19.7 Å². The van der Waals surface area contributed by atoms with Crippen LogP contribution in [0.2, 0.25) is 0 Å². The lowest BCUT2D eigenvalue weighted by atomic mass is 10.1. The summed E-state index contributed by atoms with van der Waals surface area (Å²) in [6.07, 6.45) is 1.48. The Bertz CT molecular complexity index is 1210. The summed E-state index contributed by atoms with van der Waals surface area (Å²) in [5, 5.41) is 16.9. The van der Waals surface area contributed by atoms with Gasteiger partial charge < -0.3 is 9.88 Å². The molecule has 0 saturated heterocycles. The van der Waals surface area contributed by atoms with Crippen LogP contribution in [0.5, 0.6) is 0 Å². The molecule has 1 aromatic heterocycles. The van der Waals surface area contributed by atoms with Gasteiger partial charge in [-0.1, -0.05) is 6.07 Å². The molecule has 3 aromatic rings. The first kappa shape index (κ1) is 22.4. The van der Waals surface area contributed by atoms with Crippen molar-refractivity contribution in [2.75, 3.05) is 5.32 Å². The number of nitro groups is 1. The summed E-state index contributed by atoms with van der Waals surface area (Å²) in [6, 6.07) is 13.4. The molecule has 9 heteroatoms. The second kappa shape index (κ2) is 9.25. The number of aromatic nitrogens is 1. The molecule has 2 N–H and O–H groups in total. The summed E-state index contributed by atoms with van der Waals surface area (Å²) in [7, 11) is 0. The van der Waals surface area contributed by atoms with Crippen molar-refractivity contribution < 1.29 is 14.5 Å². The Labute approximate surface area is 184 Å². The Morgan fingerprint density at radius 2 is 1.59 bits per heavy atom. The number of benzene rings is 2. The van der Waals surface area contributed by atoms with Gasteiger partial charge in [0.1, 0.15) is 0 Å². The average Bonchev–Trinajstić information content (AvgIpc) is 3.00. The minimum absolute atomic E-state index is 0.115. The first-order valence-corrected chi connectivity index (χ1v) is 9.82. The molecular formula is C23H23N5O4. The number of hydrogen-bond donors (Lipinski definition) is 2. The fourth-order valence-corrected chi connectivity index (χ4v) is 3.46. The maximum absolute atomic E-state index is 12.0. The second-order valence-electron chi connectivity index (χ2n) is 7.47. The number of carbonyl (C=O) groups is 2. The zero-order valence-corrected chi connectivity index (χ0v) is 18.2. The van der Waals surface area contributed by atoms with Crippen LogP contribution in [-0.4, -0.2) is 27.5 Å². The molecule has 0 spiro atoms. The average molecular weight is 433 g/mol. The van der Waals surface area contributed by atoms with Gasteiger partial charge in [0, 0.05) is 40.5 Å². The van der Waals surface area contributed by atoms with E-state index in [1.807, 2.05) is 33.8 Å². The van der Waals surface area contributed by atoms with Crippen LogP contribution in [-0.2, 0) is 9.59 Å². The Morgan fingerprint density at radius 1 is 0.969 bits per heavy atom. The summed E-state index contributed by atoms with van der Waals surface area (Å²) in [5.74, 6) is -1.89. The van der Waals surface area contributed by atoms with Crippen molar-refractivity contribution >= 4 is 29.4 Å². The van der Waals surface area contributed by atoms with Crippen molar-refractivity contribution in [2.24, 2.45) is 5.10 Å². The smallest absolute Gasteiger partial charge is 0.318 e. The number of hydrogen-bond acceptors (Lipinski definition) is 5. The van der Waals surface area contributed by atoms with Crippen LogP contribution in [0, 0.1) is 37.8 Å². The molecule has 3 rings (SSSR count). The SMILES string of the molecule is Cc1cc(C)cc(-n2c(C)cc(/C=N\NC(=O)C(=O)Nc3ccc([N+](=O)[O-])cc3)c2C)c1. The van der Waals surface area contributed by atoms with Gasteiger partial charge in [-0.05, 0) is 69.2 Å². The highest BCUT2D eigenvalue weighted by molar-refractivity contribution is 6.39. The highest BCUT2D eigenvalue weighted by Crippen LogP contribution is 2.22. The summed E-state index contributed by atoms with van der Waals surface area (Å²) < 4.78 is 2.10. The summed E-state index contributed by atoms with van der Waals surface area (Å²) in [6.45, 7) is 8.03. The molecule has 0 unspecified atom stereocenters. The van der Waals surface area contributed by atoms with E-state index < -0.39 is 16.7 Å². The van der Waals surface area contributed by atoms with E-state index >= 15 is 0 Å². The Morgan fingerprint density at radius 3 is 2.19 bits per heavy atom. The van der Waals surface area contributed by atoms with Crippen LogP contribution < -0.4 is 10.7 Å². The Kier molecular flexibility index (Phi) is 6.48. The Balaban J connectivity index is 1.67. The molecule has 2 amide bonds. The quantitative estimate of drug-likeness (QED) is 0.276. The van der Waals surface area contributed by atoms with Crippen LogP contribution in [0.1, 0.15) is 28.1 Å². The molecule has 0 atom stereocenters. The minimum atomic E-state index is -0.956. The predicted molar refractivity (Wildman–Crippen MR) is 122 cm³/mol. The molecular weight excluding hydrogens is 410 g/mol. The molecule has 32 heavy (non-hydrogen) atoms. The van der Waals surface area contributed by atoms with Crippen LogP contribution in [0.3, 0.4) is 0 Å². The number of nitrogens with one attached hydrogen (secondary N) is 2. The highest BCUT2D eigenvalue weighted by atomic mass is 16.6. The number of nitro benzene ring substituents is 1. The number of anilines is 1. The van der Waals surface area contributed by atoms with Crippen molar-refractivity contribution in [1.82, 2.24) is 9.99 Å². The molecule has 9 nitrogen and oxygen atoms in total. The number of amides is 2. The minimum Gasteiger partial charge on any atom is -0.318 e. The topological polar surface area (TPSA) is 119 Å². The summed E-state index contributed by atoms with van der Waals surface area (Å²) in [5.41, 5.74) is 8.47. The number of rotatable bonds is 5. The lowest BCUT2D eigenvalue weighted by Gasteiger charge is -2.11. The second-order valence-corrected chi connectivity index (χ2v) is 7.47. The number of non-ortho nitro benzene ring substituents is 1. The summed E-state index contributed by atoms with van der Waals surface area (Å²) >= 11 is 0. The zero-order chi connectivity index (χ0) is 23.4. The van der Waals surface area contributed by atoms with Crippen molar-refractivity contribution in [3.63, 3.8) is 0 Å². The van der Waals surface area contributed by atoms with Crippen molar-refractivity contribution in [1.29, 1.82) is 0 Å². The molecule has 164 valence electrons. The maximum Gasteiger partial charge on any atom is 0.329 e. The molecule has 0 radical (unpaired) electrons. The molecule has 0 fully saturated rings. The molecule has 0 aliphatic carbocycles. The van der Waals surface area contributed by atoms with Gasteiger partial charge in [0.25, 0.3) is 5.69 Å². The van der Waals surface area contributed by atoms with Gasteiger partial charge in [-0.15, -0.1) is 0 Å². The third kappa shape index (κ3) is 5.07. The third-order valence-corrected chi connectivity index (χ3v) is 4.85. The molecule has 0 aliphatic heterocycles. The van der Waals surface area contributed by atoms with Gasteiger partial charge in [0.2, 0.25) is 0 Å². The maximum atomic E-state index is 12.0. The number of carbonyl (C=O) groups excluding carboxylic acids is 2. The van der Waals surface area contributed by atoms with E-state index in [1.54, 1.807) is 0 Å². The molecule has 2 aromatic carbocycles. The molecule has 0 aliphatic rings. The fraction of sp³-hybridized carbons (Fsp3) is 0.174. The highest BCUT2D eigenvalue weighted by Gasteiger charge is 2.14. The number of nitrogens with zero attached hydrogens (tertiary/aromatic N) is 3. The van der Waals surface area contributed by atoms with Crippen molar-refractivity contribution in [2.45, 2.75) is 27.7 Å². The van der Waals surface area contributed by atoms with Gasteiger partial charge in [0.15, 0.2) is 0 Å². The number of aryl methyl sites for hydroxylation is 3. The summed E-state index contributed by atoms with van der Waals surface area (Å²) in [4.78, 5) is 34.1. The van der Waals surface area contributed by atoms with E-state index in [0.717, 1.165) is 33.8 Å². The van der Waals surface area contributed by atoms with E-state index in [1.165, 1.54) is 30.5 Å².